The Labute approximate surface area is 186 Å². The van der Waals surface area contributed by atoms with Crippen molar-refractivity contribution in [1.29, 1.82) is 5.26 Å². The minimum atomic E-state index is -0.309. The van der Waals surface area contributed by atoms with Gasteiger partial charge in [-0.25, -0.2) is 0 Å². The van der Waals surface area contributed by atoms with E-state index in [-0.39, 0.29) is 23.0 Å². The number of hydrogen-bond donors (Lipinski definition) is 1. The van der Waals surface area contributed by atoms with Crippen molar-refractivity contribution in [3.8, 4) is 6.07 Å². The van der Waals surface area contributed by atoms with Crippen molar-refractivity contribution in [2.45, 2.75) is 58.3 Å². The Hall–Kier alpha value is -2.39. The molecule has 1 saturated heterocycles. The van der Waals surface area contributed by atoms with Crippen LogP contribution in [0.25, 0.3) is 0 Å². The van der Waals surface area contributed by atoms with E-state index in [9.17, 15) is 14.9 Å². The third-order valence-corrected chi connectivity index (χ3v) is 7.34. The number of nitrogens with zero attached hydrogens (tertiary/aromatic N) is 3. The van der Waals surface area contributed by atoms with Gasteiger partial charge < -0.3 is 10.6 Å². The summed E-state index contributed by atoms with van der Waals surface area (Å²) < 4.78 is 0. The van der Waals surface area contributed by atoms with Gasteiger partial charge in [-0.3, -0.25) is 14.5 Å². The summed E-state index contributed by atoms with van der Waals surface area (Å²) >= 11 is 0. The molecule has 1 aliphatic carbocycles. The molecule has 1 atom stereocenters. The van der Waals surface area contributed by atoms with Crippen LogP contribution in [-0.2, 0) is 4.79 Å². The van der Waals surface area contributed by atoms with Crippen LogP contribution in [0.15, 0.2) is 24.3 Å². The number of Topliss-reactive ketones (excluding diaryl/α,β-unsaturated/α-hetero) is 1. The second-order valence-electron chi connectivity index (χ2n) is 9.29. The number of anilines is 1. The molecule has 0 aromatic heterocycles. The monoisotopic (exact) mass is 424 g/mol. The molecule has 1 aromatic carbocycles. The predicted molar refractivity (Wildman–Crippen MR) is 123 cm³/mol. The SMILES string of the molecule is CC(=O)c1cccc(N2CCN(CCC3(C(C#N)CCC(N)=O)CCCCC3)CC2)c1. The lowest BCUT2D eigenvalue weighted by molar-refractivity contribution is -0.118. The van der Waals surface area contributed by atoms with Crippen LogP contribution in [-0.4, -0.2) is 49.3 Å². The van der Waals surface area contributed by atoms with Gasteiger partial charge in [-0.05, 0) is 56.7 Å². The largest absolute Gasteiger partial charge is 0.370 e. The lowest BCUT2D eigenvalue weighted by atomic mass is 9.63. The number of nitrogens with two attached hydrogens (primary N) is 1. The Morgan fingerprint density at radius 1 is 1.16 bits per heavy atom. The maximum atomic E-state index is 11.7. The standard InChI is InChI=1S/C25H36N4O2/c1-20(30)21-6-5-7-23(18-21)29-16-14-28(15-17-29)13-12-25(10-3-2-4-11-25)22(19-26)8-9-24(27)31/h5-7,18,22H,2-4,8-17H2,1H3,(H2,27,31). The van der Waals surface area contributed by atoms with Crippen molar-refractivity contribution < 1.29 is 9.59 Å². The second kappa shape index (κ2) is 10.8. The molecule has 2 fully saturated rings. The van der Waals surface area contributed by atoms with Crippen LogP contribution in [0.3, 0.4) is 0 Å². The normalized spacial score (nSPS) is 20.1. The van der Waals surface area contributed by atoms with Gasteiger partial charge in [0.1, 0.15) is 0 Å². The van der Waals surface area contributed by atoms with Crippen molar-refractivity contribution in [2.75, 3.05) is 37.6 Å². The Kier molecular flexibility index (Phi) is 8.09. The molecule has 2 N–H and O–H groups in total. The summed E-state index contributed by atoms with van der Waals surface area (Å²) in [6, 6.07) is 10.4. The fraction of sp³-hybridized carbons (Fsp3) is 0.640. The summed E-state index contributed by atoms with van der Waals surface area (Å²) in [7, 11) is 0. The molecule has 3 rings (SSSR count). The number of piperazine rings is 1. The van der Waals surface area contributed by atoms with E-state index in [0.29, 0.717) is 12.8 Å². The number of benzene rings is 1. The van der Waals surface area contributed by atoms with Crippen molar-refractivity contribution >= 4 is 17.4 Å². The van der Waals surface area contributed by atoms with Crippen LogP contribution >= 0.6 is 0 Å². The van der Waals surface area contributed by atoms with Gasteiger partial charge in [-0.15, -0.1) is 0 Å². The molecular weight excluding hydrogens is 388 g/mol. The summed E-state index contributed by atoms with van der Waals surface area (Å²) in [5.41, 5.74) is 7.27. The van der Waals surface area contributed by atoms with E-state index >= 15 is 0 Å². The molecule has 1 unspecified atom stereocenters. The molecule has 2 aliphatic rings. The van der Waals surface area contributed by atoms with Crippen molar-refractivity contribution in [3.63, 3.8) is 0 Å². The number of nitriles is 1. The van der Waals surface area contributed by atoms with E-state index in [1.165, 1.54) is 19.3 Å². The highest BCUT2D eigenvalue weighted by Crippen LogP contribution is 2.47. The smallest absolute Gasteiger partial charge is 0.217 e. The lowest BCUT2D eigenvalue weighted by Crippen LogP contribution is -2.48. The van der Waals surface area contributed by atoms with E-state index in [1.807, 2.05) is 18.2 Å². The molecular formula is C25H36N4O2. The Morgan fingerprint density at radius 3 is 2.48 bits per heavy atom. The highest BCUT2D eigenvalue weighted by atomic mass is 16.1. The van der Waals surface area contributed by atoms with Crippen LogP contribution in [0.1, 0.15) is 68.6 Å². The number of carbonyl (C=O) groups is 2. The van der Waals surface area contributed by atoms with Gasteiger partial charge in [0.25, 0.3) is 0 Å². The van der Waals surface area contributed by atoms with E-state index in [1.54, 1.807) is 6.92 Å². The van der Waals surface area contributed by atoms with Gasteiger partial charge in [0, 0.05) is 43.9 Å². The van der Waals surface area contributed by atoms with Crippen molar-refractivity contribution in [3.05, 3.63) is 29.8 Å². The summed E-state index contributed by atoms with van der Waals surface area (Å²) in [4.78, 5) is 27.8. The number of primary amides is 1. The van der Waals surface area contributed by atoms with Crippen LogP contribution in [0.5, 0.6) is 0 Å². The van der Waals surface area contributed by atoms with Gasteiger partial charge >= 0.3 is 0 Å². The van der Waals surface area contributed by atoms with Crippen LogP contribution in [0.4, 0.5) is 5.69 Å². The Bertz CT molecular complexity index is 802. The number of amides is 1. The first-order chi connectivity index (χ1) is 14.9. The van der Waals surface area contributed by atoms with Gasteiger partial charge in [0.2, 0.25) is 5.91 Å². The van der Waals surface area contributed by atoms with E-state index < -0.39 is 0 Å². The zero-order valence-electron chi connectivity index (χ0n) is 18.8. The number of carbonyl (C=O) groups excluding carboxylic acids is 2. The van der Waals surface area contributed by atoms with Crippen LogP contribution in [0, 0.1) is 22.7 Å². The fourth-order valence-corrected chi connectivity index (χ4v) is 5.35. The second-order valence-corrected chi connectivity index (χ2v) is 9.29. The van der Waals surface area contributed by atoms with Crippen LogP contribution in [0.2, 0.25) is 0 Å². The highest BCUT2D eigenvalue weighted by molar-refractivity contribution is 5.95. The summed E-state index contributed by atoms with van der Waals surface area (Å²) in [5, 5.41) is 9.87. The average molecular weight is 425 g/mol. The first-order valence-electron chi connectivity index (χ1n) is 11.7. The molecule has 168 valence electrons. The lowest BCUT2D eigenvalue weighted by Gasteiger charge is -2.43. The van der Waals surface area contributed by atoms with Gasteiger partial charge in [-0.1, -0.05) is 31.4 Å². The fourth-order valence-electron chi connectivity index (χ4n) is 5.35. The maximum Gasteiger partial charge on any atom is 0.217 e. The predicted octanol–water partition coefficient (Wildman–Crippen LogP) is 3.76. The Morgan fingerprint density at radius 2 is 1.87 bits per heavy atom. The zero-order chi connectivity index (χ0) is 22.3. The minimum absolute atomic E-state index is 0.0232. The third kappa shape index (κ3) is 6.07. The quantitative estimate of drug-likeness (QED) is 0.610. The summed E-state index contributed by atoms with van der Waals surface area (Å²) in [6.07, 6.45) is 7.68. The van der Waals surface area contributed by atoms with E-state index in [2.05, 4.69) is 21.9 Å². The molecule has 31 heavy (non-hydrogen) atoms. The van der Waals surface area contributed by atoms with Crippen LogP contribution < -0.4 is 10.6 Å². The first kappa shape index (κ1) is 23.3. The summed E-state index contributed by atoms with van der Waals surface area (Å²) in [6.45, 7) is 6.46. The zero-order valence-corrected chi connectivity index (χ0v) is 18.8. The van der Waals surface area contributed by atoms with Crippen molar-refractivity contribution in [1.82, 2.24) is 4.90 Å². The molecule has 1 amide bonds. The molecule has 6 heteroatoms. The summed E-state index contributed by atoms with van der Waals surface area (Å²) in [5.74, 6) is -0.297. The molecule has 1 aromatic rings. The molecule has 1 aliphatic heterocycles. The minimum Gasteiger partial charge on any atom is -0.370 e. The highest BCUT2D eigenvalue weighted by Gasteiger charge is 2.40. The molecule has 1 heterocycles. The topological polar surface area (TPSA) is 90.4 Å². The molecule has 6 nitrogen and oxygen atoms in total. The van der Waals surface area contributed by atoms with Gasteiger partial charge in [0.05, 0.1) is 12.0 Å². The van der Waals surface area contributed by atoms with Gasteiger partial charge in [-0.2, -0.15) is 5.26 Å². The molecule has 0 bridgehead atoms. The number of rotatable bonds is 9. The van der Waals surface area contributed by atoms with Crippen molar-refractivity contribution in [2.24, 2.45) is 17.1 Å². The molecule has 0 spiro atoms. The molecule has 1 saturated carbocycles. The third-order valence-electron chi connectivity index (χ3n) is 7.34. The number of hydrogen-bond acceptors (Lipinski definition) is 5. The van der Waals surface area contributed by atoms with E-state index in [0.717, 1.165) is 63.2 Å². The molecule has 0 radical (unpaired) electrons. The van der Waals surface area contributed by atoms with E-state index in [4.69, 9.17) is 5.73 Å². The number of ketones is 1. The maximum absolute atomic E-state index is 11.7. The van der Waals surface area contributed by atoms with Gasteiger partial charge in [0.15, 0.2) is 5.78 Å². The Balaban J connectivity index is 1.57. The first-order valence-corrected chi connectivity index (χ1v) is 11.7. The average Bonchev–Trinajstić information content (AvgIpc) is 2.79.